The summed E-state index contributed by atoms with van der Waals surface area (Å²) in [6.45, 7) is 0.491. The number of nitrogens with one attached hydrogen (secondary N) is 1. The molecule has 4 aromatic rings. The lowest BCUT2D eigenvalue weighted by atomic mass is 10.1. The lowest BCUT2D eigenvalue weighted by Gasteiger charge is -2.02. The predicted molar refractivity (Wildman–Crippen MR) is 114 cm³/mol. The van der Waals surface area contributed by atoms with Crippen LogP contribution in [0.25, 0.3) is 23.0 Å². The van der Waals surface area contributed by atoms with E-state index in [0.29, 0.717) is 6.54 Å². The molecule has 4 rings (SSSR count). The fourth-order valence-corrected chi connectivity index (χ4v) is 2.97. The molecular weight excluding hydrogens is 360 g/mol. The normalized spacial score (nSPS) is 10.9. The molecule has 0 aliphatic rings. The highest BCUT2D eigenvalue weighted by molar-refractivity contribution is 5.92. The number of hydrogen-bond acceptors (Lipinski definition) is 3. The van der Waals surface area contributed by atoms with Crippen molar-refractivity contribution < 1.29 is 4.79 Å². The van der Waals surface area contributed by atoms with Crippen LogP contribution in [-0.2, 0) is 11.3 Å². The third-order valence-electron chi connectivity index (χ3n) is 4.44. The second-order valence-corrected chi connectivity index (χ2v) is 6.49. The van der Waals surface area contributed by atoms with Gasteiger partial charge in [-0.3, -0.25) is 9.78 Å². The lowest BCUT2D eigenvalue weighted by molar-refractivity contribution is -0.116. The van der Waals surface area contributed by atoms with Crippen LogP contribution in [0.4, 0.5) is 0 Å². The van der Waals surface area contributed by atoms with E-state index < -0.39 is 0 Å². The maximum atomic E-state index is 12.3. The minimum Gasteiger partial charge on any atom is -0.348 e. The summed E-state index contributed by atoms with van der Waals surface area (Å²) in [6.07, 6.45) is 8.72. The SMILES string of the molecule is O=C(/C=C/c1cn(-c2ccccc2)nc1-c1ccncc1)NCc1ccccc1. The van der Waals surface area contributed by atoms with E-state index in [2.05, 4.69) is 10.3 Å². The summed E-state index contributed by atoms with van der Waals surface area (Å²) in [4.78, 5) is 16.4. The van der Waals surface area contributed by atoms with Gasteiger partial charge in [-0.1, -0.05) is 48.5 Å². The number of hydrogen-bond donors (Lipinski definition) is 1. The van der Waals surface area contributed by atoms with E-state index in [9.17, 15) is 4.79 Å². The Labute approximate surface area is 169 Å². The first-order chi connectivity index (χ1) is 14.3. The second kappa shape index (κ2) is 8.80. The number of nitrogens with zero attached hydrogens (tertiary/aromatic N) is 3. The van der Waals surface area contributed by atoms with E-state index in [-0.39, 0.29) is 5.91 Å². The van der Waals surface area contributed by atoms with Crippen molar-refractivity contribution in [2.45, 2.75) is 6.54 Å². The molecule has 0 saturated carbocycles. The predicted octanol–water partition coefficient (Wildman–Crippen LogP) is 4.26. The van der Waals surface area contributed by atoms with Gasteiger partial charge in [0.05, 0.1) is 5.69 Å². The van der Waals surface area contributed by atoms with Gasteiger partial charge in [0.2, 0.25) is 5.91 Å². The molecule has 2 heterocycles. The Morgan fingerprint density at radius 2 is 1.62 bits per heavy atom. The molecule has 0 radical (unpaired) electrons. The highest BCUT2D eigenvalue weighted by Crippen LogP contribution is 2.24. The summed E-state index contributed by atoms with van der Waals surface area (Å²) < 4.78 is 1.82. The van der Waals surface area contributed by atoms with Crippen molar-refractivity contribution in [2.75, 3.05) is 0 Å². The molecule has 5 heteroatoms. The third kappa shape index (κ3) is 4.65. The zero-order valence-corrected chi connectivity index (χ0v) is 15.8. The van der Waals surface area contributed by atoms with Crippen molar-refractivity contribution in [3.63, 3.8) is 0 Å². The Hall–Kier alpha value is -3.99. The molecule has 0 saturated heterocycles. The van der Waals surface area contributed by atoms with E-state index in [1.807, 2.05) is 83.7 Å². The van der Waals surface area contributed by atoms with Gasteiger partial charge in [-0.2, -0.15) is 5.10 Å². The molecule has 0 aliphatic heterocycles. The Kier molecular flexibility index (Phi) is 5.58. The molecule has 142 valence electrons. The molecule has 1 N–H and O–H groups in total. The van der Waals surface area contributed by atoms with Gasteiger partial charge >= 0.3 is 0 Å². The van der Waals surface area contributed by atoms with Gasteiger partial charge in [-0.15, -0.1) is 0 Å². The van der Waals surface area contributed by atoms with E-state index in [1.165, 1.54) is 0 Å². The number of rotatable bonds is 6. The molecule has 0 spiro atoms. The van der Waals surface area contributed by atoms with Gasteiger partial charge in [0.25, 0.3) is 0 Å². The average Bonchev–Trinajstić information content (AvgIpc) is 3.22. The molecule has 0 fully saturated rings. The molecule has 5 nitrogen and oxygen atoms in total. The van der Waals surface area contributed by atoms with E-state index in [0.717, 1.165) is 28.1 Å². The van der Waals surface area contributed by atoms with Crippen LogP contribution in [0.15, 0.2) is 97.5 Å². The summed E-state index contributed by atoms with van der Waals surface area (Å²) >= 11 is 0. The smallest absolute Gasteiger partial charge is 0.244 e. The molecule has 0 aliphatic carbocycles. The first-order valence-corrected chi connectivity index (χ1v) is 9.35. The summed E-state index contributed by atoms with van der Waals surface area (Å²) in [7, 11) is 0. The van der Waals surface area contributed by atoms with Gasteiger partial charge < -0.3 is 5.32 Å². The Morgan fingerprint density at radius 3 is 2.34 bits per heavy atom. The summed E-state index contributed by atoms with van der Waals surface area (Å²) in [5, 5.41) is 7.63. The van der Waals surface area contributed by atoms with Gasteiger partial charge in [-0.25, -0.2) is 4.68 Å². The summed E-state index contributed by atoms with van der Waals surface area (Å²) in [6, 6.07) is 23.5. The average molecular weight is 380 g/mol. The number of para-hydroxylation sites is 1. The molecule has 0 atom stereocenters. The van der Waals surface area contributed by atoms with Crippen molar-refractivity contribution in [3.8, 4) is 16.9 Å². The van der Waals surface area contributed by atoms with Crippen molar-refractivity contribution in [1.82, 2.24) is 20.1 Å². The summed E-state index contributed by atoms with van der Waals surface area (Å²) in [5.41, 5.74) is 4.61. The number of pyridine rings is 1. The molecule has 1 amide bonds. The van der Waals surface area contributed by atoms with Crippen LogP contribution in [0.3, 0.4) is 0 Å². The van der Waals surface area contributed by atoms with E-state index in [1.54, 1.807) is 24.5 Å². The van der Waals surface area contributed by atoms with Crippen molar-refractivity contribution in [1.29, 1.82) is 0 Å². The van der Waals surface area contributed by atoms with E-state index >= 15 is 0 Å². The van der Waals surface area contributed by atoms with Crippen molar-refractivity contribution in [2.24, 2.45) is 0 Å². The number of aromatic nitrogens is 3. The first-order valence-electron chi connectivity index (χ1n) is 9.35. The van der Waals surface area contributed by atoms with Crippen LogP contribution in [0, 0.1) is 0 Å². The molecule has 29 heavy (non-hydrogen) atoms. The Morgan fingerprint density at radius 1 is 0.931 bits per heavy atom. The van der Waals surface area contributed by atoms with Gasteiger partial charge in [0.1, 0.15) is 5.69 Å². The fourth-order valence-electron chi connectivity index (χ4n) is 2.97. The first kappa shape index (κ1) is 18.4. The molecule has 0 unspecified atom stereocenters. The quantitative estimate of drug-likeness (QED) is 0.508. The monoisotopic (exact) mass is 380 g/mol. The van der Waals surface area contributed by atoms with Crippen molar-refractivity contribution >= 4 is 12.0 Å². The number of carbonyl (C=O) groups excluding carboxylic acids is 1. The topological polar surface area (TPSA) is 59.8 Å². The van der Waals surface area contributed by atoms with Crippen molar-refractivity contribution in [3.05, 3.63) is 109 Å². The van der Waals surface area contributed by atoms with Crippen LogP contribution in [0.2, 0.25) is 0 Å². The minimum absolute atomic E-state index is 0.151. The maximum Gasteiger partial charge on any atom is 0.244 e. The van der Waals surface area contributed by atoms with Crippen LogP contribution >= 0.6 is 0 Å². The third-order valence-corrected chi connectivity index (χ3v) is 4.44. The largest absolute Gasteiger partial charge is 0.348 e. The van der Waals surface area contributed by atoms with Crippen LogP contribution in [-0.4, -0.2) is 20.7 Å². The highest BCUT2D eigenvalue weighted by atomic mass is 16.1. The second-order valence-electron chi connectivity index (χ2n) is 6.49. The number of benzene rings is 2. The fraction of sp³-hybridized carbons (Fsp3) is 0.0417. The van der Waals surface area contributed by atoms with Gasteiger partial charge in [0, 0.05) is 42.3 Å². The highest BCUT2D eigenvalue weighted by Gasteiger charge is 2.10. The number of amides is 1. The van der Waals surface area contributed by atoms with Gasteiger partial charge in [-0.05, 0) is 35.9 Å². The van der Waals surface area contributed by atoms with E-state index in [4.69, 9.17) is 5.10 Å². The zero-order valence-electron chi connectivity index (χ0n) is 15.8. The maximum absolute atomic E-state index is 12.3. The number of carbonyl (C=O) groups is 1. The van der Waals surface area contributed by atoms with Crippen LogP contribution in [0.1, 0.15) is 11.1 Å². The minimum atomic E-state index is -0.151. The summed E-state index contributed by atoms with van der Waals surface area (Å²) in [5.74, 6) is -0.151. The molecule has 2 aromatic heterocycles. The lowest BCUT2D eigenvalue weighted by Crippen LogP contribution is -2.20. The zero-order chi connectivity index (χ0) is 19.9. The molecule has 0 bridgehead atoms. The van der Waals surface area contributed by atoms with Gasteiger partial charge in [0.15, 0.2) is 0 Å². The standard InChI is InChI=1S/C24H20N4O/c29-23(26-17-19-7-3-1-4-8-19)12-11-21-18-28(22-9-5-2-6-10-22)27-24(21)20-13-15-25-16-14-20/h1-16,18H,17H2,(H,26,29)/b12-11+. The molecule has 2 aromatic carbocycles. The Balaban J connectivity index is 1.57. The van der Waals surface area contributed by atoms with Crippen LogP contribution in [0.5, 0.6) is 0 Å². The van der Waals surface area contributed by atoms with Crippen LogP contribution < -0.4 is 5.32 Å². The molecular formula is C24H20N4O. The Bertz CT molecular complexity index is 1100.